The summed E-state index contributed by atoms with van der Waals surface area (Å²) in [5.74, 6) is 0.518. The van der Waals surface area contributed by atoms with E-state index in [-0.39, 0.29) is 0 Å². The summed E-state index contributed by atoms with van der Waals surface area (Å²) in [6.45, 7) is 0. The van der Waals surface area contributed by atoms with E-state index >= 15 is 0 Å². The lowest BCUT2D eigenvalue weighted by Gasteiger charge is -2.05. The van der Waals surface area contributed by atoms with Gasteiger partial charge in [-0.05, 0) is 18.2 Å². The Morgan fingerprint density at radius 2 is 2.12 bits per heavy atom. The predicted molar refractivity (Wildman–Crippen MR) is 69.4 cm³/mol. The maximum absolute atomic E-state index is 5.93. The second-order valence-electron chi connectivity index (χ2n) is 3.48. The van der Waals surface area contributed by atoms with Crippen molar-refractivity contribution in [1.29, 1.82) is 0 Å². The van der Waals surface area contributed by atoms with Gasteiger partial charge < -0.3 is 11.1 Å². The molecule has 3 rings (SSSR count). The number of nitrogens with one attached hydrogen (secondary N) is 1. The maximum Gasteiger partial charge on any atom is 0.134 e. The number of aliphatic imine (C=N–C) groups is 1. The fourth-order valence-electron chi connectivity index (χ4n) is 1.63. The second kappa shape index (κ2) is 3.50. The van der Waals surface area contributed by atoms with Gasteiger partial charge in [0.05, 0.1) is 22.6 Å². The van der Waals surface area contributed by atoms with Crippen LogP contribution in [-0.4, -0.2) is 5.84 Å². The number of anilines is 2. The summed E-state index contributed by atoms with van der Waals surface area (Å²) in [5.41, 5.74) is 9.55. The van der Waals surface area contributed by atoms with Crippen LogP contribution in [0, 0.1) is 0 Å². The fourth-order valence-corrected chi connectivity index (χ4v) is 2.57. The molecule has 5 heteroatoms. The van der Waals surface area contributed by atoms with Gasteiger partial charge in [0.2, 0.25) is 0 Å². The zero-order valence-corrected chi connectivity index (χ0v) is 9.77. The SMILES string of the molecule is NC1=Nc2cc(Cl)ccc2Nc2cscc21. The molecule has 2 aromatic rings. The number of nitrogens with two attached hydrogens (primary N) is 1. The van der Waals surface area contributed by atoms with Crippen molar-refractivity contribution in [2.24, 2.45) is 10.7 Å². The van der Waals surface area contributed by atoms with Gasteiger partial charge in [-0.1, -0.05) is 11.6 Å². The fraction of sp³-hybridized carbons (Fsp3) is 0. The van der Waals surface area contributed by atoms with Crippen molar-refractivity contribution < 1.29 is 0 Å². The first kappa shape index (κ1) is 9.69. The van der Waals surface area contributed by atoms with Gasteiger partial charge in [-0.25, -0.2) is 4.99 Å². The van der Waals surface area contributed by atoms with E-state index in [1.54, 1.807) is 17.4 Å². The van der Waals surface area contributed by atoms with Crippen molar-refractivity contribution in [3.63, 3.8) is 0 Å². The Balaban J connectivity index is 2.23. The molecule has 3 nitrogen and oxygen atoms in total. The molecule has 0 saturated carbocycles. The summed E-state index contributed by atoms with van der Waals surface area (Å²) >= 11 is 7.52. The van der Waals surface area contributed by atoms with Crippen molar-refractivity contribution in [1.82, 2.24) is 0 Å². The molecule has 0 saturated heterocycles. The van der Waals surface area contributed by atoms with Crippen LogP contribution in [0.3, 0.4) is 0 Å². The van der Waals surface area contributed by atoms with E-state index in [1.165, 1.54) is 0 Å². The van der Waals surface area contributed by atoms with Crippen molar-refractivity contribution in [3.05, 3.63) is 39.5 Å². The van der Waals surface area contributed by atoms with Crippen molar-refractivity contribution in [2.45, 2.75) is 0 Å². The summed E-state index contributed by atoms with van der Waals surface area (Å²) in [6, 6.07) is 5.53. The molecule has 3 N–H and O–H groups in total. The molecule has 0 aliphatic carbocycles. The van der Waals surface area contributed by atoms with E-state index in [4.69, 9.17) is 17.3 Å². The molecule has 0 fully saturated rings. The van der Waals surface area contributed by atoms with Crippen LogP contribution < -0.4 is 11.1 Å². The number of nitrogens with zero attached hydrogens (tertiary/aromatic N) is 1. The van der Waals surface area contributed by atoms with E-state index in [9.17, 15) is 0 Å². The minimum atomic E-state index is 0.518. The third-order valence-corrected chi connectivity index (χ3v) is 3.39. The largest absolute Gasteiger partial charge is 0.383 e. The van der Waals surface area contributed by atoms with Crippen LogP contribution in [0.25, 0.3) is 0 Å². The van der Waals surface area contributed by atoms with Crippen LogP contribution in [0.5, 0.6) is 0 Å². The lowest BCUT2D eigenvalue weighted by Crippen LogP contribution is -2.11. The summed E-state index contributed by atoms with van der Waals surface area (Å²) < 4.78 is 0. The minimum Gasteiger partial charge on any atom is -0.383 e. The number of halogens is 1. The van der Waals surface area contributed by atoms with Crippen LogP contribution in [0.2, 0.25) is 5.02 Å². The summed E-state index contributed by atoms with van der Waals surface area (Å²) in [5, 5.41) is 7.95. The first-order valence-corrected chi connectivity index (χ1v) is 6.03. The number of benzene rings is 1. The van der Waals surface area contributed by atoms with Gasteiger partial charge in [0.15, 0.2) is 0 Å². The van der Waals surface area contributed by atoms with E-state index in [1.807, 2.05) is 22.9 Å². The van der Waals surface area contributed by atoms with Crippen molar-refractivity contribution >= 4 is 45.8 Å². The molecule has 0 unspecified atom stereocenters. The minimum absolute atomic E-state index is 0.518. The van der Waals surface area contributed by atoms with Crippen molar-refractivity contribution in [3.8, 4) is 0 Å². The molecule has 1 aromatic carbocycles. The second-order valence-corrected chi connectivity index (χ2v) is 4.66. The first-order chi connectivity index (χ1) is 7.74. The van der Waals surface area contributed by atoms with Gasteiger partial charge in [0.25, 0.3) is 0 Å². The maximum atomic E-state index is 5.93. The number of thiophene rings is 1. The van der Waals surface area contributed by atoms with Crippen LogP contribution in [0.1, 0.15) is 5.56 Å². The van der Waals surface area contributed by atoms with E-state index < -0.39 is 0 Å². The Hall–Kier alpha value is -1.52. The molecule has 0 bridgehead atoms. The number of amidine groups is 1. The molecule has 0 atom stereocenters. The quantitative estimate of drug-likeness (QED) is 0.751. The van der Waals surface area contributed by atoms with Gasteiger partial charge >= 0.3 is 0 Å². The Labute approximate surface area is 102 Å². The normalized spacial score (nSPS) is 13.2. The van der Waals surface area contributed by atoms with Crippen molar-refractivity contribution in [2.75, 3.05) is 5.32 Å². The van der Waals surface area contributed by atoms with Gasteiger partial charge in [0.1, 0.15) is 5.84 Å². The molecule has 1 aliphatic rings. The summed E-state index contributed by atoms with van der Waals surface area (Å²) in [4.78, 5) is 4.37. The van der Waals surface area contributed by atoms with Gasteiger partial charge in [-0.3, -0.25) is 0 Å². The molecule has 1 aliphatic heterocycles. The van der Waals surface area contributed by atoms with Crippen LogP contribution >= 0.6 is 22.9 Å². The highest BCUT2D eigenvalue weighted by Crippen LogP contribution is 2.36. The Morgan fingerprint density at radius 1 is 1.25 bits per heavy atom. The highest BCUT2D eigenvalue weighted by atomic mass is 35.5. The van der Waals surface area contributed by atoms with Crippen LogP contribution in [0.4, 0.5) is 17.1 Å². The Kier molecular flexibility index (Phi) is 2.12. The third-order valence-electron chi connectivity index (χ3n) is 2.41. The van der Waals surface area contributed by atoms with E-state index in [2.05, 4.69) is 10.3 Å². The summed E-state index contributed by atoms with van der Waals surface area (Å²) in [6.07, 6.45) is 0. The predicted octanol–water partition coefficient (Wildman–Crippen LogP) is 3.50. The first-order valence-electron chi connectivity index (χ1n) is 4.71. The lowest BCUT2D eigenvalue weighted by molar-refractivity contribution is 1.48. The summed E-state index contributed by atoms with van der Waals surface area (Å²) in [7, 11) is 0. The number of fused-ring (bicyclic) bond motifs is 2. The number of hydrogen-bond donors (Lipinski definition) is 2. The molecule has 0 amide bonds. The smallest absolute Gasteiger partial charge is 0.134 e. The molecule has 16 heavy (non-hydrogen) atoms. The highest BCUT2D eigenvalue weighted by molar-refractivity contribution is 7.08. The average Bonchev–Trinajstić information content (AvgIpc) is 2.65. The topological polar surface area (TPSA) is 50.4 Å². The van der Waals surface area contributed by atoms with Gasteiger partial charge in [-0.15, -0.1) is 11.3 Å². The highest BCUT2D eigenvalue weighted by Gasteiger charge is 2.14. The lowest BCUT2D eigenvalue weighted by atomic mass is 10.2. The van der Waals surface area contributed by atoms with Gasteiger partial charge in [-0.2, -0.15) is 0 Å². The Morgan fingerprint density at radius 3 is 3.00 bits per heavy atom. The molecular weight excluding hydrogens is 242 g/mol. The van der Waals surface area contributed by atoms with Crippen LogP contribution in [-0.2, 0) is 0 Å². The third kappa shape index (κ3) is 1.47. The molecule has 0 radical (unpaired) electrons. The molecule has 2 heterocycles. The zero-order valence-electron chi connectivity index (χ0n) is 8.20. The zero-order chi connectivity index (χ0) is 11.1. The molecular formula is C11H8ClN3S. The van der Waals surface area contributed by atoms with Crippen LogP contribution in [0.15, 0.2) is 34.0 Å². The molecule has 1 aromatic heterocycles. The molecule has 80 valence electrons. The monoisotopic (exact) mass is 249 g/mol. The van der Waals surface area contributed by atoms with E-state index in [0.29, 0.717) is 10.9 Å². The van der Waals surface area contributed by atoms with E-state index in [0.717, 1.165) is 22.6 Å². The number of hydrogen-bond acceptors (Lipinski definition) is 4. The Bertz CT molecular complexity index is 589. The average molecular weight is 250 g/mol. The number of rotatable bonds is 0. The molecule has 0 spiro atoms. The standard InChI is InChI=1S/C11H8ClN3S/c12-6-1-2-8-9(3-6)15-11(13)7-4-16-5-10(7)14-8/h1-5,14H,(H2,13,15). The van der Waals surface area contributed by atoms with Gasteiger partial charge in [0, 0.05) is 15.8 Å².